The van der Waals surface area contributed by atoms with Crippen LogP contribution in [0.5, 0.6) is 5.75 Å². The van der Waals surface area contributed by atoms with Gasteiger partial charge in [0.2, 0.25) is 0 Å². The number of rotatable bonds is 4. The van der Waals surface area contributed by atoms with Crippen molar-refractivity contribution in [1.82, 2.24) is 9.78 Å². The van der Waals surface area contributed by atoms with Crippen LogP contribution in [0.15, 0.2) is 70.5 Å². The average Bonchev–Trinajstić information content (AvgIpc) is 3.00. The topological polar surface area (TPSA) is 59.4 Å². The third-order valence-corrected chi connectivity index (χ3v) is 4.92. The van der Waals surface area contributed by atoms with Gasteiger partial charge in [-0.15, -0.1) is 0 Å². The minimum atomic E-state index is -0.189. The number of aromatic amines is 1. The number of halogens is 1. The molecule has 140 valence electrons. The summed E-state index contributed by atoms with van der Waals surface area (Å²) in [4.78, 5) is 17.5. The Kier molecular flexibility index (Phi) is 4.75. The molecular weight excluding hydrogens is 374 g/mol. The van der Waals surface area contributed by atoms with E-state index in [0.717, 1.165) is 22.2 Å². The summed E-state index contributed by atoms with van der Waals surface area (Å²) in [6, 6.07) is 19.1. The van der Waals surface area contributed by atoms with Crippen molar-refractivity contribution in [3.05, 3.63) is 87.3 Å². The molecular formula is C22H18ClN3O2. The molecule has 0 aliphatic heterocycles. The van der Waals surface area contributed by atoms with E-state index in [-0.39, 0.29) is 5.56 Å². The summed E-state index contributed by atoms with van der Waals surface area (Å²) in [5.41, 5.74) is 2.49. The van der Waals surface area contributed by atoms with Crippen LogP contribution in [0.25, 0.3) is 16.5 Å². The first-order valence-electron chi connectivity index (χ1n) is 8.76. The van der Waals surface area contributed by atoms with Gasteiger partial charge in [-0.25, -0.2) is 4.68 Å². The lowest BCUT2D eigenvalue weighted by molar-refractivity contribution is 0.414. The fraction of sp³-hybridized carbons (Fsp3) is 0.0909. The lowest BCUT2D eigenvalue weighted by atomic mass is 10.1. The number of benzene rings is 3. The highest BCUT2D eigenvalue weighted by Crippen LogP contribution is 2.27. The third-order valence-electron chi connectivity index (χ3n) is 4.61. The van der Waals surface area contributed by atoms with Crippen LogP contribution in [0.2, 0.25) is 5.02 Å². The fourth-order valence-electron chi connectivity index (χ4n) is 3.14. The Bertz CT molecular complexity index is 1250. The number of hydrogen-bond donors (Lipinski definition) is 1. The zero-order chi connectivity index (χ0) is 19.7. The number of ether oxygens (including phenoxy) is 1. The van der Waals surface area contributed by atoms with E-state index in [9.17, 15) is 4.79 Å². The zero-order valence-corrected chi connectivity index (χ0v) is 16.2. The zero-order valence-electron chi connectivity index (χ0n) is 15.4. The minimum absolute atomic E-state index is 0.189. The standard InChI is InChI=1S/C22H18ClN3O2/c1-14-18(13-24-20-9-5-7-15-6-3-4-8-17(15)20)22(27)26(25-14)16-10-11-19(23)21(12-16)28-2/h3-13,25H,1-2H3. The second kappa shape index (κ2) is 7.37. The van der Waals surface area contributed by atoms with Crippen LogP contribution in [0.4, 0.5) is 5.69 Å². The molecule has 0 fully saturated rings. The van der Waals surface area contributed by atoms with Crippen LogP contribution in [-0.4, -0.2) is 23.1 Å². The summed E-state index contributed by atoms with van der Waals surface area (Å²) in [6.07, 6.45) is 1.61. The van der Waals surface area contributed by atoms with Gasteiger partial charge in [0.1, 0.15) is 5.75 Å². The van der Waals surface area contributed by atoms with Crippen LogP contribution in [0.3, 0.4) is 0 Å². The first-order valence-corrected chi connectivity index (χ1v) is 9.13. The van der Waals surface area contributed by atoms with Crippen LogP contribution in [-0.2, 0) is 0 Å². The number of aromatic nitrogens is 2. The van der Waals surface area contributed by atoms with Gasteiger partial charge in [0.15, 0.2) is 0 Å². The van der Waals surface area contributed by atoms with Gasteiger partial charge in [-0.3, -0.25) is 14.9 Å². The molecule has 1 N–H and O–H groups in total. The SMILES string of the molecule is COc1cc(-n2[nH]c(C)c(C=Nc3cccc4ccccc34)c2=O)ccc1Cl. The van der Waals surface area contributed by atoms with Crippen LogP contribution in [0.1, 0.15) is 11.3 Å². The highest BCUT2D eigenvalue weighted by Gasteiger charge is 2.12. The van der Waals surface area contributed by atoms with Gasteiger partial charge < -0.3 is 4.74 Å². The quantitative estimate of drug-likeness (QED) is 0.495. The van der Waals surface area contributed by atoms with Gasteiger partial charge in [-0.2, -0.15) is 0 Å². The molecule has 0 unspecified atom stereocenters. The summed E-state index contributed by atoms with van der Waals surface area (Å²) in [7, 11) is 1.54. The second-order valence-corrected chi connectivity index (χ2v) is 6.77. The number of fused-ring (bicyclic) bond motifs is 1. The molecule has 4 rings (SSSR count). The Balaban J connectivity index is 1.76. The van der Waals surface area contributed by atoms with Crippen molar-refractivity contribution in [3.8, 4) is 11.4 Å². The molecule has 0 amide bonds. The Hall–Kier alpha value is -3.31. The van der Waals surface area contributed by atoms with E-state index in [1.165, 1.54) is 11.8 Å². The van der Waals surface area contributed by atoms with Gasteiger partial charge in [0, 0.05) is 23.4 Å². The number of nitrogens with zero attached hydrogens (tertiary/aromatic N) is 2. The number of aliphatic imine (C=N–C) groups is 1. The van der Waals surface area contributed by atoms with E-state index in [2.05, 4.69) is 10.1 Å². The molecule has 4 aromatic rings. The van der Waals surface area contributed by atoms with Gasteiger partial charge in [0.25, 0.3) is 5.56 Å². The highest BCUT2D eigenvalue weighted by atomic mass is 35.5. The molecule has 0 saturated carbocycles. The van der Waals surface area contributed by atoms with Crippen LogP contribution in [0, 0.1) is 6.92 Å². The molecule has 0 bridgehead atoms. The van der Waals surface area contributed by atoms with E-state index in [4.69, 9.17) is 16.3 Å². The maximum atomic E-state index is 12.9. The molecule has 3 aromatic carbocycles. The summed E-state index contributed by atoms with van der Waals surface area (Å²) in [5.74, 6) is 0.504. The van der Waals surface area contributed by atoms with Gasteiger partial charge >= 0.3 is 0 Å². The number of aryl methyl sites for hydroxylation is 1. The predicted molar refractivity (Wildman–Crippen MR) is 114 cm³/mol. The van der Waals surface area contributed by atoms with Gasteiger partial charge in [-0.05, 0) is 30.5 Å². The number of methoxy groups -OCH3 is 1. The lowest BCUT2D eigenvalue weighted by Gasteiger charge is -2.06. The number of H-pyrrole nitrogens is 1. The molecule has 1 aromatic heterocycles. The Morgan fingerprint density at radius 1 is 1.11 bits per heavy atom. The molecule has 0 aliphatic carbocycles. The van der Waals surface area contributed by atoms with Crippen LogP contribution < -0.4 is 10.3 Å². The van der Waals surface area contributed by atoms with E-state index < -0.39 is 0 Å². The summed E-state index contributed by atoms with van der Waals surface area (Å²) < 4.78 is 6.70. The summed E-state index contributed by atoms with van der Waals surface area (Å²) >= 11 is 6.08. The monoisotopic (exact) mass is 391 g/mol. The second-order valence-electron chi connectivity index (χ2n) is 6.37. The van der Waals surface area contributed by atoms with Crippen molar-refractivity contribution in [2.45, 2.75) is 6.92 Å². The van der Waals surface area contributed by atoms with Gasteiger partial charge in [0.05, 0.1) is 29.1 Å². The van der Waals surface area contributed by atoms with Crippen molar-refractivity contribution in [2.75, 3.05) is 7.11 Å². The van der Waals surface area contributed by atoms with Crippen molar-refractivity contribution < 1.29 is 4.74 Å². The maximum absolute atomic E-state index is 12.9. The molecule has 5 nitrogen and oxygen atoms in total. The first kappa shape index (κ1) is 18.1. The average molecular weight is 392 g/mol. The van der Waals surface area contributed by atoms with Crippen LogP contribution >= 0.6 is 11.6 Å². The van der Waals surface area contributed by atoms with E-state index >= 15 is 0 Å². The molecule has 0 saturated heterocycles. The summed E-state index contributed by atoms with van der Waals surface area (Å²) in [6.45, 7) is 1.84. The molecule has 0 atom stereocenters. The lowest BCUT2D eigenvalue weighted by Crippen LogP contribution is -2.17. The molecule has 6 heteroatoms. The highest BCUT2D eigenvalue weighted by molar-refractivity contribution is 6.32. The molecule has 28 heavy (non-hydrogen) atoms. The maximum Gasteiger partial charge on any atom is 0.280 e. The van der Waals surface area contributed by atoms with Crippen molar-refractivity contribution in [2.24, 2.45) is 4.99 Å². The first-order chi connectivity index (χ1) is 13.6. The van der Waals surface area contributed by atoms with Crippen molar-refractivity contribution >= 4 is 34.3 Å². The predicted octanol–water partition coefficient (Wildman–Crippen LogP) is 5.04. The smallest absolute Gasteiger partial charge is 0.280 e. The van der Waals surface area contributed by atoms with E-state index in [1.54, 1.807) is 24.4 Å². The molecule has 1 heterocycles. The van der Waals surface area contributed by atoms with E-state index in [1.807, 2.05) is 49.4 Å². The number of nitrogens with one attached hydrogen (secondary N) is 1. The largest absolute Gasteiger partial charge is 0.495 e. The Labute approximate surface area is 166 Å². The minimum Gasteiger partial charge on any atom is -0.495 e. The molecule has 0 radical (unpaired) electrons. The Morgan fingerprint density at radius 2 is 1.89 bits per heavy atom. The molecule has 0 spiro atoms. The number of hydrogen-bond acceptors (Lipinski definition) is 3. The normalized spacial score (nSPS) is 11.4. The van der Waals surface area contributed by atoms with Gasteiger partial charge in [-0.1, -0.05) is 48.0 Å². The van der Waals surface area contributed by atoms with Crippen molar-refractivity contribution in [3.63, 3.8) is 0 Å². The third kappa shape index (κ3) is 3.21. The molecule has 0 aliphatic rings. The van der Waals surface area contributed by atoms with Crippen molar-refractivity contribution in [1.29, 1.82) is 0 Å². The fourth-order valence-corrected chi connectivity index (χ4v) is 3.33. The van der Waals surface area contributed by atoms with E-state index in [0.29, 0.717) is 22.0 Å². The summed E-state index contributed by atoms with van der Waals surface area (Å²) in [5, 5.41) is 5.72. The Morgan fingerprint density at radius 3 is 2.71 bits per heavy atom.